The van der Waals surface area contributed by atoms with E-state index in [-0.39, 0.29) is 10.7 Å². The summed E-state index contributed by atoms with van der Waals surface area (Å²) in [5, 5.41) is 10.2. The SMILES string of the molecule is O=C(O)c1cc(-c2cc3ccccc3s2)cnc1Cl. The second kappa shape index (κ2) is 4.64. The van der Waals surface area contributed by atoms with Gasteiger partial charge >= 0.3 is 5.97 Å². The largest absolute Gasteiger partial charge is 0.478 e. The summed E-state index contributed by atoms with van der Waals surface area (Å²) in [5.41, 5.74) is 0.791. The van der Waals surface area contributed by atoms with E-state index in [1.54, 1.807) is 23.6 Å². The fourth-order valence-electron chi connectivity index (χ4n) is 1.86. The summed E-state index contributed by atoms with van der Waals surface area (Å²) < 4.78 is 1.16. The molecule has 0 fully saturated rings. The fraction of sp³-hybridized carbons (Fsp3) is 0. The van der Waals surface area contributed by atoms with Crippen LogP contribution in [-0.4, -0.2) is 16.1 Å². The predicted octanol–water partition coefficient (Wildman–Crippen LogP) is 4.31. The Kier molecular flexibility index (Phi) is 2.97. The number of carboxylic acid groups (broad SMARTS) is 1. The van der Waals surface area contributed by atoms with Gasteiger partial charge in [-0.3, -0.25) is 0 Å². The van der Waals surface area contributed by atoms with Gasteiger partial charge in [0.2, 0.25) is 0 Å². The third kappa shape index (κ3) is 2.20. The molecular formula is C14H8ClNO2S. The van der Waals surface area contributed by atoms with Gasteiger partial charge in [0, 0.05) is 21.3 Å². The summed E-state index contributed by atoms with van der Waals surface area (Å²) in [6.45, 7) is 0. The van der Waals surface area contributed by atoms with Crippen LogP contribution in [0.3, 0.4) is 0 Å². The summed E-state index contributed by atoms with van der Waals surface area (Å²) in [4.78, 5) is 16.0. The zero-order valence-electron chi connectivity index (χ0n) is 9.63. The van der Waals surface area contributed by atoms with Crippen LogP contribution in [0.15, 0.2) is 42.6 Å². The van der Waals surface area contributed by atoms with Gasteiger partial charge in [-0.1, -0.05) is 29.8 Å². The molecule has 0 aliphatic rings. The Morgan fingerprint density at radius 3 is 2.79 bits per heavy atom. The van der Waals surface area contributed by atoms with E-state index in [2.05, 4.69) is 4.98 Å². The smallest absolute Gasteiger partial charge is 0.338 e. The van der Waals surface area contributed by atoms with Crippen LogP contribution in [0.2, 0.25) is 5.15 Å². The number of nitrogens with zero attached hydrogens (tertiary/aromatic N) is 1. The molecule has 3 nitrogen and oxygen atoms in total. The molecule has 19 heavy (non-hydrogen) atoms. The maximum Gasteiger partial charge on any atom is 0.338 e. The first kappa shape index (κ1) is 12.1. The second-order valence-electron chi connectivity index (χ2n) is 4.02. The van der Waals surface area contributed by atoms with Gasteiger partial charge in [0.05, 0.1) is 5.56 Å². The molecule has 0 atom stereocenters. The minimum Gasteiger partial charge on any atom is -0.478 e. The normalized spacial score (nSPS) is 10.8. The molecule has 3 rings (SSSR count). The molecule has 0 saturated carbocycles. The van der Waals surface area contributed by atoms with Crippen molar-refractivity contribution in [3.63, 3.8) is 0 Å². The van der Waals surface area contributed by atoms with Gasteiger partial charge in [0.1, 0.15) is 5.15 Å². The van der Waals surface area contributed by atoms with Crippen LogP contribution in [0.1, 0.15) is 10.4 Å². The molecule has 2 heterocycles. The van der Waals surface area contributed by atoms with E-state index >= 15 is 0 Å². The van der Waals surface area contributed by atoms with Gasteiger partial charge < -0.3 is 5.11 Å². The summed E-state index contributed by atoms with van der Waals surface area (Å²) in [5.74, 6) is -1.07. The van der Waals surface area contributed by atoms with Crippen molar-refractivity contribution >= 4 is 39.0 Å². The second-order valence-corrected chi connectivity index (χ2v) is 5.46. The molecule has 94 valence electrons. The van der Waals surface area contributed by atoms with Crippen molar-refractivity contribution < 1.29 is 9.90 Å². The number of carbonyl (C=O) groups is 1. The van der Waals surface area contributed by atoms with Crippen LogP contribution in [0, 0.1) is 0 Å². The fourth-order valence-corrected chi connectivity index (χ4v) is 3.08. The van der Waals surface area contributed by atoms with E-state index in [1.807, 2.05) is 30.3 Å². The van der Waals surface area contributed by atoms with Gasteiger partial charge in [0.15, 0.2) is 0 Å². The summed E-state index contributed by atoms with van der Waals surface area (Å²) >= 11 is 7.37. The van der Waals surface area contributed by atoms with Crippen molar-refractivity contribution in [1.29, 1.82) is 0 Å². The molecule has 5 heteroatoms. The van der Waals surface area contributed by atoms with Crippen molar-refractivity contribution in [2.75, 3.05) is 0 Å². The van der Waals surface area contributed by atoms with Crippen LogP contribution in [0.25, 0.3) is 20.5 Å². The third-order valence-corrected chi connectivity index (χ3v) is 4.25. The number of hydrogen-bond acceptors (Lipinski definition) is 3. The molecule has 0 aliphatic carbocycles. The maximum absolute atomic E-state index is 11.1. The molecule has 0 unspecified atom stereocenters. The van der Waals surface area contributed by atoms with E-state index in [0.29, 0.717) is 0 Å². The standard InChI is InChI=1S/C14H8ClNO2S/c15-13-10(14(17)18)5-9(7-16-13)12-6-8-3-1-2-4-11(8)19-12/h1-7H,(H,17,18). The number of aromatic nitrogens is 1. The molecule has 3 aromatic rings. The first-order chi connectivity index (χ1) is 9.15. The zero-order valence-corrected chi connectivity index (χ0v) is 11.2. The number of aromatic carboxylic acids is 1. The monoisotopic (exact) mass is 289 g/mol. The van der Waals surface area contributed by atoms with Gasteiger partial charge in [-0.2, -0.15) is 0 Å². The number of rotatable bonds is 2. The molecule has 1 N–H and O–H groups in total. The highest BCUT2D eigenvalue weighted by atomic mass is 35.5. The minimum absolute atomic E-state index is 0.0114. The highest BCUT2D eigenvalue weighted by molar-refractivity contribution is 7.22. The number of benzene rings is 1. The minimum atomic E-state index is -1.07. The molecule has 1 aromatic carbocycles. The highest BCUT2D eigenvalue weighted by Gasteiger charge is 2.13. The Morgan fingerprint density at radius 1 is 1.26 bits per heavy atom. The van der Waals surface area contributed by atoms with E-state index in [1.165, 1.54) is 0 Å². The average Bonchev–Trinajstić information content (AvgIpc) is 2.82. The van der Waals surface area contributed by atoms with E-state index in [4.69, 9.17) is 16.7 Å². The van der Waals surface area contributed by atoms with Crippen molar-refractivity contribution in [3.05, 3.63) is 53.3 Å². The Bertz CT molecular complexity index is 749. The van der Waals surface area contributed by atoms with Crippen molar-refractivity contribution in [1.82, 2.24) is 4.98 Å². The van der Waals surface area contributed by atoms with Crippen molar-refractivity contribution in [2.45, 2.75) is 0 Å². The van der Waals surface area contributed by atoms with Crippen LogP contribution in [0.5, 0.6) is 0 Å². The summed E-state index contributed by atoms with van der Waals surface area (Å²) in [7, 11) is 0. The van der Waals surface area contributed by atoms with Crippen molar-refractivity contribution in [2.24, 2.45) is 0 Å². The van der Waals surface area contributed by atoms with Crippen LogP contribution in [-0.2, 0) is 0 Å². The Labute approximate surface area is 118 Å². The van der Waals surface area contributed by atoms with E-state index in [9.17, 15) is 4.79 Å². The van der Waals surface area contributed by atoms with Gasteiger partial charge in [-0.25, -0.2) is 9.78 Å². The molecule has 0 amide bonds. The topological polar surface area (TPSA) is 50.2 Å². The van der Waals surface area contributed by atoms with Gasteiger partial charge in [-0.15, -0.1) is 11.3 Å². The first-order valence-corrected chi connectivity index (χ1v) is 6.72. The highest BCUT2D eigenvalue weighted by Crippen LogP contribution is 2.34. The van der Waals surface area contributed by atoms with Crippen LogP contribution in [0.4, 0.5) is 0 Å². The summed E-state index contributed by atoms with van der Waals surface area (Å²) in [6.07, 6.45) is 1.60. The number of carboxylic acids is 1. The lowest BCUT2D eigenvalue weighted by Crippen LogP contribution is -1.99. The molecule has 2 aromatic heterocycles. The zero-order chi connectivity index (χ0) is 13.4. The van der Waals surface area contributed by atoms with Crippen LogP contribution < -0.4 is 0 Å². The summed E-state index contributed by atoms with van der Waals surface area (Å²) in [6, 6.07) is 11.6. The molecule has 0 aliphatic heterocycles. The average molecular weight is 290 g/mol. The predicted molar refractivity (Wildman–Crippen MR) is 77.0 cm³/mol. The van der Waals surface area contributed by atoms with E-state index in [0.717, 1.165) is 20.5 Å². The van der Waals surface area contributed by atoms with Crippen LogP contribution >= 0.6 is 22.9 Å². The Balaban J connectivity index is 2.16. The number of fused-ring (bicyclic) bond motifs is 1. The number of pyridine rings is 1. The third-order valence-electron chi connectivity index (χ3n) is 2.78. The van der Waals surface area contributed by atoms with E-state index < -0.39 is 5.97 Å². The van der Waals surface area contributed by atoms with Gasteiger partial charge in [-0.05, 0) is 23.6 Å². The molecule has 0 radical (unpaired) electrons. The quantitative estimate of drug-likeness (QED) is 0.715. The molecule has 0 saturated heterocycles. The lowest BCUT2D eigenvalue weighted by molar-refractivity contribution is 0.0696. The molecular weight excluding hydrogens is 282 g/mol. The number of halogens is 1. The lowest BCUT2D eigenvalue weighted by Gasteiger charge is -2.01. The number of thiophene rings is 1. The Morgan fingerprint density at radius 2 is 2.05 bits per heavy atom. The lowest BCUT2D eigenvalue weighted by atomic mass is 10.1. The Hall–Kier alpha value is -1.91. The number of hydrogen-bond donors (Lipinski definition) is 1. The maximum atomic E-state index is 11.1. The van der Waals surface area contributed by atoms with Crippen molar-refractivity contribution in [3.8, 4) is 10.4 Å². The van der Waals surface area contributed by atoms with Gasteiger partial charge in [0.25, 0.3) is 0 Å². The molecule has 0 bridgehead atoms. The molecule has 0 spiro atoms. The first-order valence-electron chi connectivity index (χ1n) is 5.53.